The third-order valence-corrected chi connectivity index (χ3v) is 5.87. The Hall–Kier alpha value is -3.22. The smallest absolute Gasteiger partial charge is 0.253 e. The molecule has 0 atom stereocenters. The van der Waals surface area contributed by atoms with Crippen molar-refractivity contribution >= 4 is 28.5 Å². The summed E-state index contributed by atoms with van der Waals surface area (Å²) in [6.45, 7) is 5.19. The average molecular weight is 391 g/mol. The van der Waals surface area contributed by atoms with Gasteiger partial charge in [-0.15, -0.1) is 5.10 Å². The van der Waals surface area contributed by atoms with Crippen molar-refractivity contribution in [1.82, 2.24) is 19.9 Å². The second-order valence-corrected chi connectivity index (χ2v) is 7.72. The summed E-state index contributed by atoms with van der Waals surface area (Å²) in [7, 11) is 1.82. The van der Waals surface area contributed by atoms with E-state index in [1.807, 2.05) is 56.1 Å². The zero-order valence-electron chi connectivity index (χ0n) is 17.0. The summed E-state index contributed by atoms with van der Waals surface area (Å²) >= 11 is 0. The summed E-state index contributed by atoms with van der Waals surface area (Å²) in [6, 6.07) is 11.4. The van der Waals surface area contributed by atoms with Crippen molar-refractivity contribution in [2.24, 2.45) is 13.0 Å². The summed E-state index contributed by atoms with van der Waals surface area (Å²) in [5.74, 6) is -0.0702. The Balaban J connectivity index is 1.38. The van der Waals surface area contributed by atoms with Crippen LogP contribution in [0.2, 0.25) is 0 Å². The van der Waals surface area contributed by atoms with Crippen LogP contribution < -0.4 is 5.32 Å². The van der Waals surface area contributed by atoms with Gasteiger partial charge in [0.1, 0.15) is 5.52 Å². The molecule has 1 N–H and O–H groups in total. The van der Waals surface area contributed by atoms with Gasteiger partial charge in [0, 0.05) is 37.3 Å². The molecule has 0 aliphatic carbocycles. The van der Waals surface area contributed by atoms with Crippen LogP contribution in [0.5, 0.6) is 0 Å². The van der Waals surface area contributed by atoms with Crippen molar-refractivity contribution < 1.29 is 9.59 Å². The number of likely N-dealkylation sites (tertiary alicyclic amines) is 1. The maximum atomic E-state index is 12.9. The lowest BCUT2D eigenvalue weighted by atomic mass is 9.95. The molecule has 0 bridgehead atoms. The first-order valence-corrected chi connectivity index (χ1v) is 9.90. The van der Waals surface area contributed by atoms with Crippen molar-refractivity contribution in [3.63, 3.8) is 0 Å². The maximum absolute atomic E-state index is 12.9. The number of benzene rings is 2. The van der Waals surface area contributed by atoms with Gasteiger partial charge in [0.25, 0.3) is 5.91 Å². The first-order chi connectivity index (χ1) is 13.9. The number of piperidine rings is 1. The highest BCUT2D eigenvalue weighted by Gasteiger charge is 2.28. The highest BCUT2D eigenvalue weighted by atomic mass is 16.2. The molecule has 2 amide bonds. The highest BCUT2D eigenvalue weighted by Crippen LogP contribution is 2.24. The predicted octanol–water partition coefficient (Wildman–Crippen LogP) is 3.08. The topological polar surface area (TPSA) is 80.1 Å². The molecular formula is C22H25N5O2. The van der Waals surface area contributed by atoms with Crippen LogP contribution in [0.1, 0.15) is 34.3 Å². The zero-order chi connectivity index (χ0) is 20.5. The SMILES string of the molecule is Cc1cccc(NC(=O)C2CCN(C(=O)c3ccc4c(c3)nnn4C)CC2)c1C. The molecule has 1 saturated heterocycles. The van der Waals surface area contributed by atoms with Gasteiger partial charge < -0.3 is 10.2 Å². The Labute approximate surface area is 169 Å². The molecule has 1 aliphatic rings. The van der Waals surface area contributed by atoms with E-state index in [1.165, 1.54) is 0 Å². The van der Waals surface area contributed by atoms with Gasteiger partial charge in [0.05, 0.1) is 5.52 Å². The molecule has 7 nitrogen and oxygen atoms in total. The van der Waals surface area contributed by atoms with Gasteiger partial charge in [0.15, 0.2) is 0 Å². The quantitative estimate of drug-likeness (QED) is 0.744. The number of aromatic nitrogens is 3. The molecule has 2 heterocycles. The van der Waals surface area contributed by atoms with E-state index in [0.29, 0.717) is 37.0 Å². The fraction of sp³-hybridized carbons (Fsp3) is 0.364. The largest absolute Gasteiger partial charge is 0.339 e. The molecule has 0 unspecified atom stereocenters. The minimum absolute atomic E-state index is 0.0223. The van der Waals surface area contributed by atoms with Crippen LogP contribution in [0, 0.1) is 19.8 Å². The number of rotatable bonds is 3. The van der Waals surface area contributed by atoms with E-state index in [9.17, 15) is 9.59 Å². The molecule has 2 aromatic carbocycles. The minimum atomic E-state index is -0.0820. The van der Waals surface area contributed by atoms with Crippen LogP contribution in [-0.2, 0) is 11.8 Å². The van der Waals surface area contributed by atoms with Gasteiger partial charge >= 0.3 is 0 Å². The lowest BCUT2D eigenvalue weighted by Gasteiger charge is -2.31. The zero-order valence-corrected chi connectivity index (χ0v) is 17.0. The van der Waals surface area contributed by atoms with Crippen molar-refractivity contribution in [3.8, 4) is 0 Å². The normalized spacial score (nSPS) is 14.9. The highest BCUT2D eigenvalue weighted by molar-refractivity contribution is 5.98. The number of hydrogen-bond donors (Lipinski definition) is 1. The van der Waals surface area contributed by atoms with E-state index >= 15 is 0 Å². The summed E-state index contributed by atoms with van der Waals surface area (Å²) < 4.78 is 1.68. The molecule has 3 aromatic rings. The van der Waals surface area contributed by atoms with Crippen molar-refractivity contribution in [2.75, 3.05) is 18.4 Å². The third-order valence-electron chi connectivity index (χ3n) is 5.87. The summed E-state index contributed by atoms with van der Waals surface area (Å²) in [4.78, 5) is 27.4. The molecule has 1 fully saturated rings. The Bertz CT molecular complexity index is 1080. The monoisotopic (exact) mass is 391 g/mol. The van der Waals surface area contributed by atoms with Crippen LogP contribution in [0.25, 0.3) is 11.0 Å². The second kappa shape index (κ2) is 7.66. The summed E-state index contributed by atoms with van der Waals surface area (Å²) in [5, 5.41) is 11.1. The molecule has 0 radical (unpaired) electrons. The van der Waals surface area contributed by atoms with Crippen LogP contribution in [0.3, 0.4) is 0 Å². The maximum Gasteiger partial charge on any atom is 0.253 e. The van der Waals surface area contributed by atoms with Crippen molar-refractivity contribution in [3.05, 3.63) is 53.1 Å². The van der Waals surface area contributed by atoms with Gasteiger partial charge in [-0.05, 0) is 62.1 Å². The Morgan fingerprint density at radius 2 is 1.86 bits per heavy atom. The van der Waals surface area contributed by atoms with E-state index in [-0.39, 0.29) is 17.7 Å². The standard InChI is InChI=1S/C22H25N5O2/c1-14-5-4-6-18(15(14)2)23-21(28)16-9-11-27(12-10-16)22(29)17-7-8-20-19(13-17)24-25-26(20)3/h4-8,13,16H,9-12H2,1-3H3,(H,23,28). The van der Waals surface area contributed by atoms with E-state index in [0.717, 1.165) is 22.3 Å². The number of hydrogen-bond acceptors (Lipinski definition) is 4. The first kappa shape index (κ1) is 19.1. The van der Waals surface area contributed by atoms with Crippen molar-refractivity contribution in [2.45, 2.75) is 26.7 Å². The summed E-state index contributed by atoms with van der Waals surface area (Å²) in [6.07, 6.45) is 1.33. The first-order valence-electron chi connectivity index (χ1n) is 9.90. The number of nitrogens with zero attached hydrogens (tertiary/aromatic N) is 4. The number of anilines is 1. The molecule has 150 valence electrons. The van der Waals surface area contributed by atoms with Crippen LogP contribution >= 0.6 is 0 Å². The van der Waals surface area contributed by atoms with Gasteiger partial charge in [-0.2, -0.15) is 0 Å². The van der Waals surface area contributed by atoms with Crippen LogP contribution in [0.15, 0.2) is 36.4 Å². The van der Waals surface area contributed by atoms with E-state index in [4.69, 9.17) is 0 Å². The van der Waals surface area contributed by atoms with Gasteiger partial charge in [-0.3, -0.25) is 9.59 Å². The van der Waals surface area contributed by atoms with E-state index < -0.39 is 0 Å². The molecule has 0 saturated carbocycles. The number of aryl methyl sites for hydroxylation is 2. The lowest BCUT2D eigenvalue weighted by Crippen LogP contribution is -2.41. The fourth-order valence-electron chi connectivity index (χ4n) is 3.82. The molecule has 1 aliphatic heterocycles. The van der Waals surface area contributed by atoms with Gasteiger partial charge in [0.2, 0.25) is 5.91 Å². The molecule has 29 heavy (non-hydrogen) atoms. The minimum Gasteiger partial charge on any atom is -0.339 e. The molecule has 7 heteroatoms. The van der Waals surface area contributed by atoms with Crippen LogP contribution in [0.4, 0.5) is 5.69 Å². The van der Waals surface area contributed by atoms with Crippen LogP contribution in [-0.4, -0.2) is 44.8 Å². The average Bonchev–Trinajstić information content (AvgIpc) is 3.11. The Morgan fingerprint density at radius 1 is 1.10 bits per heavy atom. The van der Waals surface area contributed by atoms with Gasteiger partial charge in [-0.1, -0.05) is 17.3 Å². The van der Waals surface area contributed by atoms with Gasteiger partial charge in [-0.25, -0.2) is 4.68 Å². The number of carbonyl (C=O) groups is 2. The third kappa shape index (κ3) is 3.72. The number of fused-ring (bicyclic) bond motifs is 1. The molecular weight excluding hydrogens is 366 g/mol. The lowest BCUT2D eigenvalue weighted by molar-refractivity contribution is -0.121. The van der Waals surface area contributed by atoms with Crippen molar-refractivity contribution in [1.29, 1.82) is 0 Å². The van der Waals surface area contributed by atoms with E-state index in [1.54, 1.807) is 10.7 Å². The predicted molar refractivity (Wildman–Crippen MR) is 112 cm³/mol. The molecule has 1 aromatic heterocycles. The number of amides is 2. The number of nitrogens with one attached hydrogen (secondary N) is 1. The summed E-state index contributed by atoms with van der Waals surface area (Å²) in [5.41, 5.74) is 5.32. The second-order valence-electron chi connectivity index (χ2n) is 7.72. The Kier molecular flexibility index (Phi) is 5.05. The molecule has 4 rings (SSSR count). The Morgan fingerprint density at radius 3 is 2.62 bits per heavy atom. The van der Waals surface area contributed by atoms with E-state index in [2.05, 4.69) is 15.6 Å². The fourth-order valence-corrected chi connectivity index (χ4v) is 3.82. The number of carbonyl (C=O) groups excluding carboxylic acids is 2. The molecule has 0 spiro atoms.